The number of phenols is 1. The van der Waals surface area contributed by atoms with Gasteiger partial charge in [0.25, 0.3) is 5.91 Å². The molecule has 142 valence electrons. The second-order valence-electron chi connectivity index (χ2n) is 7.46. The van der Waals surface area contributed by atoms with Crippen LogP contribution < -0.4 is 4.74 Å². The lowest BCUT2D eigenvalue weighted by atomic mass is 9.92. The molecule has 0 radical (unpaired) electrons. The molecule has 0 atom stereocenters. The van der Waals surface area contributed by atoms with E-state index in [-0.39, 0.29) is 29.0 Å². The summed E-state index contributed by atoms with van der Waals surface area (Å²) >= 11 is 0. The van der Waals surface area contributed by atoms with Gasteiger partial charge in [-0.2, -0.15) is 0 Å². The summed E-state index contributed by atoms with van der Waals surface area (Å²) in [5.74, 6) is 1.21. The van der Waals surface area contributed by atoms with Crippen molar-refractivity contribution in [2.75, 3.05) is 33.3 Å². The summed E-state index contributed by atoms with van der Waals surface area (Å²) in [6.45, 7) is 5.05. The molecular weight excluding hydrogens is 332 g/mol. The minimum absolute atomic E-state index is 0.0110. The van der Waals surface area contributed by atoms with Gasteiger partial charge in [-0.15, -0.1) is 0 Å². The second kappa shape index (κ2) is 7.98. The van der Waals surface area contributed by atoms with Gasteiger partial charge in [0.15, 0.2) is 0 Å². The molecular formula is C20H28N2O4. The summed E-state index contributed by atoms with van der Waals surface area (Å²) in [5.41, 5.74) is 0.278. The standard InChI is InChI=1S/C20H28N2O4/c1-14-5-9-21(10-6-14)19(24)15-7-11-22(12-8-15)20(25)17-4-3-16(26-2)13-18(17)23/h3-4,13-15,23H,5-12H2,1-2H3. The van der Waals surface area contributed by atoms with Crippen molar-refractivity contribution < 1.29 is 19.4 Å². The minimum atomic E-state index is -0.192. The highest BCUT2D eigenvalue weighted by atomic mass is 16.5. The van der Waals surface area contributed by atoms with Crippen molar-refractivity contribution in [3.8, 4) is 11.5 Å². The van der Waals surface area contributed by atoms with Gasteiger partial charge in [0.05, 0.1) is 12.7 Å². The third kappa shape index (κ3) is 3.94. The molecule has 6 heteroatoms. The predicted octanol–water partition coefficient (Wildman–Crippen LogP) is 2.51. The number of phenolic OH excluding ortho intramolecular Hbond substituents is 1. The first kappa shape index (κ1) is 18.5. The number of likely N-dealkylation sites (tertiary alicyclic amines) is 2. The van der Waals surface area contributed by atoms with Crippen LogP contribution in [0, 0.1) is 11.8 Å². The lowest BCUT2D eigenvalue weighted by molar-refractivity contribution is -0.138. The maximum atomic E-state index is 12.7. The van der Waals surface area contributed by atoms with E-state index >= 15 is 0 Å². The Morgan fingerprint density at radius 1 is 1.04 bits per heavy atom. The number of methoxy groups -OCH3 is 1. The first-order valence-electron chi connectivity index (χ1n) is 9.44. The van der Waals surface area contributed by atoms with Crippen LogP contribution in [0.1, 0.15) is 43.0 Å². The van der Waals surface area contributed by atoms with Gasteiger partial charge in [-0.25, -0.2) is 0 Å². The van der Waals surface area contributed by atoms with Crippen LogP contribution in [0.15, 0.2) is 18.2 Å². The predicted molar refractivity (Wildman–Crippen MR) is 98.3 cm³/mol. The lowest BCUT2D eigenvalue weighted by Gasteiger charge is -2.36. The summed E-state index contributed by atoms with van der Waals surface area (Å²) in [7, 11) is 1.51. The highest BCUT2D eigenvalue weighted by Gasteiger charge is 2.32. The first-order chi connectivity index (χ1) is 12.5. The molecule has 0 spiro atoms. The van der Waals surface area contributed by atoms with Crippen molar-refractivity contribution in [1.29, 1.82) is 0 Å². The molecule has 3 rings (SSSR count). The van der Waals surface area contributed by atoms with E-state index in [0.29, 0.717) is 37.6 Å². The number of hydrogen-bond donors (Lipinski definition) is 1. The monoisotopic (exact) mass is 360 g/mol. The number of amides is 2. The van der Waals surface area contributed by atoms with Crippen molar-refractivity contribution in [2.45, 2.75) is 32.6 Å². The molecule has 0 aliphatic carbocycles. The van der Waals surface area contributed by atoms with Crippen molar-refractivity contribution in [3.05, 3.63) is 23.8 Å². The maximum absolute atomic E-state index is 12.7. The van der Waals surface area contributed by atoms with Gasteiger partial charge in [-0.1, -0.05) is 6.92 Å². The van der Waals surface area contributed by atoms with Gasteiger partial charge in [0, 0.05) is 38.2 Å². The quantitative estimate of drug-likeness (QED) is 0.899. The van der Waals surface area contributed by atoms with Crippen molar-refractivity contribution in [1.82, 2.24) is 9.80 Å². The molecule has 2 aliphatic rings. The highest BCUT2D eigenvalue weighted by molar-refractivity contribution is 5.97. The molecule has 0 aromatic heterocycles. The normalized spacial score (nSPS) is 19.5. The SMILES string of the molecule is COc1ccc(C(=O)N2CCC(C(=O)N3CCC(C)CC3)CC2)c(O)c1. The number of ether oxygens (including phenoxy) is 1. The summed E-state index contributed by atoms with van der Waals surface area (Å²) in [5, 5.41) is 10.1. The van der Waals surface area contributed by atoms with E-state index in [0.717, 1.165) is 25.9 Å². The lowest BCUT2D eigenvalue weighted by Crippen LogP contribution is -2.46. The van der Waals surface area contributed by atoms with Crippen LogP contribution >= 0.6 is 0 Å². The van der Waals surface area contributed by atoms with Crippen LogP contribution in [0.5, 0.6) is 11.5 Å². The topological polar surface area (TPSA) is 70.1 Å². The number of carbonyl (C=O) groups is 2. The van der Waals surface area contributed by atoms with Gasteiger partial charge in [-0.05, 0) is 43.7 Å². The van der Waals surface area contributed by atoms with Crippen LogP contribution in [0.2, 0.25) is 0 Å². The molecule has 2 fully saturated rings. The van der Waals surface area contributed by atoms with Crippen LogP contribution in [0.25, 0.3) is 0 Å². The van der Waals surface area contributed by atoms with Gasteiger partial charge in [-0.3, -0.25) is 9.59 Å². The molecule has 2 heterocycles. The molecule has 1 N–H and O–H groups in total. The first-order valence-corrected chi connectivity index (χ1v) is 9.44. The van der Waals surface area contributed by atoms with Gasteiger partial charge < -0.3 is 19.6 Å². The molecule has 0 saturated carbocycles. The molecule has 1 aromatic carbocycles. The van der Waals surface area contributed by atoms with E-state index in [2.05, 4.69) is 6.92 Å². The Bertz CT molecular complexity index is 660. The molecule has 2 saturated heterocycles. The van der Waals surface area contributed by atoms with Crippen molar-refractivity contribution >= 4 is 11.8 Å². The Morgan fingerprint density at radius 2 is 1.65 bits per heavy atom. The zero-order valence-electron chi connectivity index (χ0n) is 15.6. The van der Waals surface area contributed by atoms with Crippen LogP contribution in [0.4, 0.5) is 0 Å². The van der Waals surface area contributed by atoms with Crippen molar-refractivity contribution in [3.63, 3.8) is 0 Å². The number of rotatable bonds is 3. The Balaban J connectivity index is 1.56. The van der Waals surface area contributed by atoms with Crippen LogP contribution in [-0.2, 0) is 4.79 Å². The second-order valence-corrected chi connectivity index (χ2v) is 7.46. The van der Waals surface area contributed by atoms with E-state index in [9.17, 15) is 14.7 Å². The van der Waals surface area contributed by atoms with E-state index in [1.165, 1.54) is 13.2 Å². The number of nitrogens with zero attached hydrogens (tertiary/aromatic N) is 2. The summed E-state index contributed by atoms with van der Waals surface area (Å²) in [4.78, 5) is 29.1. The number of benzene rings is 1. The van der Waals surface area contributed by atoms with Gasteiger partial charge in [0.1, 0.15) is 11.5 Å². The summed E-state index contributed by atoms with van der Waals surface area (Å²) in [6.07, 6.45) is 3.54. The molecule has 6 nitrogen and oxygen atoms in total. The fraction of sp³-hybridized carbons (Fsp3) is 0.600. The molecule has 2 aliphatic heterocycles. The fourth-order valence-electron chi connectivity index (χ4n) is 3.81. The van der Waals surface area contributed by atoms with E-state index in [1.54, 1.807) is 17.0 Å². The third-order valence-corrected chi connectivity index (χ3v) is 5.66. The van der Waals surface area contributed by atoms with E-state index in [1.807, 2.05) is 4.90 Å². The Morgan fingerprint density at radius 3 is 2.23 bits per heavy atom. The average molecular weight is 360 g/mol. The zero-order chi connectivity index (χ0) is 18.7. The van der Waals surface area contributed by atoms with Gasteiger partial charge in [0.2, 0.25) is 5.91 Å². The maximum Gasteiger partial charge on any atom is 0.257 e. The molecule has 0 unspecified atom stereocenters. The van der Waals surface area contributed by atoms with Crippen molar-refractivity contribution in [2.24, 2.45) is 11.8 Å². The molecule has 1 aromatic rings. The average Bonchev–Trinajstić information content (AvgIpc) is 2.67. The number of piperidine rings is 2. The highest BCUT2D eigenvalue weighted by Crippen LogP contribution is 2.28. The Kier molecular flexibility index (Phi) is 5.69. The van der Waals surface area contributed by atoms with Gasteiger partial charge >= 0.3 is 0 Å². The van der Waals surface area contributed by atoms with Crippen LogP contribution in [-0.4, -0.2) is 60.0 Å². The molecule has 0 bridgehead atoms. The number of carbonyl (C=O) groups excluding carboxylic acids is 2. The van der Waals surface area contributed by atoms with E-state index < -0.39 is 0 Å². The van der Waals surface area contributed by atoms with Crippen LogP contribution in [0.3, 0.4) is 0 Å². The molecule has 2 amide bonds. The fourth-order valence-corrected chi connectivity index (χ4v) is 3.81. The Labute approximate surface area is 154 Å². The van der Waals surface area contributed by atoms with E-state index in [4.69, 9.17) is 4.74 Å². The zero-order valence-corrected chi connectivity index (χ0v) is 15.6. The summed E-state index contributed by atoms with van der Waals surface area (Å²) in [6, 6.07) is 4.70. The number of hydrogen-bond acceptors (Lipinski definition) is 4. The smallest absolute Gasteiger partial charge is 0.257 e. The Hall–Kier alpha value is -2.24. The minimum Gasteiger partial charge on any atom is -0.507 e. The summed E-state index contributed by atoms with van der Waals surface area (Å²) < 4.78 is 5.05. The number of aromatic hydroxyl groups is 1. The largest absolute Gasteiger partial charge is 0.507 e. The molecule has 26 heavy (non-hydrogen) atoms. The third-order valence-electron chi connectivity index (χ3n) is 5.66.